The normalized spacial score (nSPS) is 12.2. The van der Waals surface area contributed by atoms with E-state index in [9.17, 15) is 9.90 Å². The van der Waals surface area contributed by atoms with E-state index >= 15 is 0 Å². The summed E-state index contributed by atoms with van der Waals surface area (Å²) in [6.45, 7) is 3.05. The fraction of sp³-hybridized carbons (Fsp3) is 0.731. The molecule has 2 N–H and O–H groups in total. The molecule has 166 valence electrons. The van der Waals surface area contributed by atoms with E-state index in [0.29, 0.717) is 0 Å². The van der Waals surface area contributed by atoms with E-state index in [4.69, 9.17) is 0 Å². The summed E-state index contributed by atoms with van der Waals surface area (Å²) in [5.74, 6) is -0.798. The Bertz CT molecular complexity index is 489. The Hall–Kier alpha value is -1.35. The Kier molecular flexibility index (Phi) is 16.5. The predicted octanol–water partition coefficient (Wildman–Crippen LogP) is 7.66. The molecule has 0 heterocycles. The minimum absolute atomic E-state index is 0.590. The molecule has 1 rings (SSSR count). The van der Waals surface area contributed by atoms with Crippen LogP contribution in [0.15, 0.2) is 30.3 Å². The van der Waals surface area contributed by atoms with Crippen molar-refractivity contribution in [3.63, 3.8) is 0 Å². The standard InChI is InChI=1S/C26H45NO2/c1-2-3-4-5-6-7-8-9-10-11-12-13-14-15-16-20-23-27-25(26(28)29)24-21-18-17-19-22-24/h17-19,21-22,25,27H,2-16,20,23H2,1H3,(H,28,29). The fourth-order valence-electron chi connectivity index (χ4n) is 3.91. The molecular weight excluding hydrogens is 358 g/mol. The van der Waals surface area contributed by atoms with Gasteiger partial charge in [-0.25, -0.2) is 0 Å². The van der Waals surface area contributed by atoms with Gasteiger partial charge in [-0.1, -0.05) is 134 Å². The summed E-state index contributed by atoms with van der Waals surface area (Å²) >= 11 is 0. The molecule has 0 spiro atoms. The zero-order valence-corrected chi connectivity index (χ0v) is 18.8. The summed E-state index contributed by atoms with van der Waals surface area (Å²) < 4.78 is 0. The molecule has 0 fully saturated rings. The largest absolute Gasteiger partial charge is 0.480 e. The number of hydrogen-bond acceptors (Lipinski definition) is 2. The fourth-order valence-corrected chi connectivity index (χ4v) is 3.91. The van der Waals surface area contributed by atoms with Crippen LogP contribution in [0, 0.1) is 0 Å². The number of carbonyl (C=O) groups is 1. The Labute approximate surface area is 179 Å². The number of hydrogen-bond donors (Lipinski definition) is 2. The topological polar surface area (TPSA) is 49.3 Å². The number of nitrogens with one attached hydrogen (secondary N) is 1. The quantitative estimate of drug-likeness (QED) is 0.220. The number of aliphatic carboxylic acids is 1. The first kappa shape index (κ1) is 25.7. The van der Waals surface area contributed by atoms with Crippen molar-refractivity contribution < 1.29 is 9.90 Å². The van der Waals surface area contributed by atoms with Gasteiger partial charge in [-0.2, -0.15) is 0 Å². The average molecular weight is 404 g/mol. The number of carboxylic acid groups (broad SMARTS) is 1. The van der Waals surface area contributed by atoms with Crippen molar-refractivity contribution in [2.75, 3.05) is 6.54 Å². The number of rotatable bonds is 20. The lowest BCUT2D eigenvalue weighted by Crippen LogP contribution is -2.29. The second-order valence-electron chi connectivity index (χ2n) is 8.44. The molecular formula is C26H45NO2. The lowest BCUT2D eigenvalue weighted by atomic mass is 10.0. The highest BCUT2D eigenvalue weighted by Crippen LogP contribution is 2.15. The summed E-state index contributed by atoms with van der Waals surface area (Å²) in [7, 11) is 0. The third-order valence-corrected chi connectivity index (χ3v) is 5.76. The Morgan fingerprint density at radius 3 is 1.55 bits per heavy atom. The SMILES string of the molecule is CCCCCCCCCCCCCCCCCCNC(C(=O)O)c1ccccc1. The van der Waals surface area contributed by atoms with Gasteiger partial charge in [0.05, 0.1) is 0 Å². The molecule has 0 radical (unpaired) electrons. The molecule has 0 aliphatic rings. The smallest absolute Gasteiger partial charge is 0.325 e. The average Bonchev–Trinajstić information content (AvgIpc) is 2.73. The zero-order chi connectivity index (χ0) is 21.0. The van der Waals surface area contributed by atoms with Gasteiger partial charge in [-0.3, -0.25) is 4.79 Å². The van der Waals surface area contributed by atoms with Crippen LogP contribution in [0.4, 0.5) is 0 Å². The molecule has 0 aromatic heterocycles. The van der Waals surface area contributed by atoms with Gasteiger partial charge >= 0.3 is 5.97 Å². The van der Waals surface area contributed by atoms with Crippen LogP contribution in [0.3, 0.4) is 0 Å². The van der Waals surface area contributed by atoms with Crippen LogP contribution in [-0.4, -0.2) is 17.6 Å². The predicted molar refractivity (Wildman–Crippen MR) is 124 cm³/mol. The van der Waals surface area contributed by atoms with Crippen molar-refractivity contribution in [2.45, 2.75) is 116 Å². The van der Waals surface area contributed by atoms with Crippen molar-refractivity contribution in [2.24, 2.45) is 0 Å². The summed E-state index contributed by atoms with van der Waals surface area (Å²) in [5.41, 5.74) is 0.830. The van der Waals surface area contributed by atoms with Gasteiger partial charge < -0.3 is 10.4 Å². The molecule has 0 bridgehead atoms. The first-order valence-electron chi connectivity index (χ1n) is 12.3. The van der Waals surface area contributed by atoms with Crippen LogP contribution in [0.1, 0.15) is 121 Å². The lowest BCUT2D eigenvalue weighted by Gasteiger charge is -2.14. The second-order valence-corrected chi connectivity index (χ2v) is 8.44. The summed E-state index contributed by atoms with van der Waals surface area (Å²) in [6.07, 6.45) is 21.7. The molecule has 3 nitrogen and oxygen atoms in total. The van der Waals surface area contributed by atoms with Gasteiger partial charge in [-0.15, -0.1) is 0 Å². The van der Waals surface area contributed by atoms with Crippen LogP contribution in [0.25, 0.3) is 0 Å². The minimum Gasteiger partial charge on any atom is -0.480 e. The Morgan fingerprint density at radius 1 is 0.724 bits per heavy atom. The third-order valence-electron chi connectivity index (χ3n) is 5.76. The van der Waals surface area contributed by atoms with Crippen molar-refractivity contribution in [3.05, 3.63) is 35.9 Å². The first-order valence-corrected chi connectivity index (χ1v) is 12.3. The molecule has 29 heavy (non-hydrogen) atoms. The van der Waals surface area contributed by atoms with Gasteiger partial charge in [0.2, 0.25) is 0 Å². The highest BCUT2D eigenvalue weighted by atomic mass is 16.4. The van der Waals surface area contributed by atoms with Crippen molar-refractivity contribution in [1.29, 1.82) is 0 Å². The molecule has 1 unspecified atom stereocenters. The van der Waals surface area contributed by atoms with E-state index < -0.39 is 12.0 Å². The van der Waals surface area contributed by atoms with E-state index in [-0.39, 0.29) is 0 Å². The molecule has 0 saturated heterocycles. The zero-order valence-electron chi connectivity index (χ0n) is 18.8. The molecule has 3 heteroatoms. The van der Waals surface area contributed by atoms with Crippen LogP contribution in [0.2, 0.25) is 0 Å². The van der Waals surface area contributed by atoms with E-state index in [1.807, 2.05) is 30.3 Å². The van der Waals surface area contributed by atoms with E-state index in [2.05, 4.69) is 12.2 Å². The highest BCUT2D eigenvalue weighted by molar-refractivity contribution is 5.75. The molecule has 0 aliphatic heterocycles. The summed E-state index contributed by atoms with van der Waals surface area (Å²) in [5, 5.41) is 12.6. The monoisotopic (exact) mass is 403 g/mol. The Balaban J connectivity index is 1.86. The van der Waals surface area contributed by atoms with Crippen LogP contribution >= 0.6 is 0 Å². The van der Waals surface area contributed by atoms with Gasteiger partial charge in [0, 0.05) is 0 Å². The molecule has 0 amide bonds. The molecule has 0 saturated carbocycles. The number of unbranched alkanes of at least 4 members (excludes halogenated alkanes) is 15. The summed E-state index contributed by atoms with van der Waals surface area (Å²) in [6, 6.07) is 8.85. The van der Waals surface area contributed by atoms with Gasteiger partial charge in [-0.05, 0) is 18.5 Å². The lowest BCUT2D eigenvalue weighted by molar-refractivity contribution is -0.139. The van der Waals surface area contributed by atoms with Crippen molar-refractivity contribution in [3.8, 4) is 0 Å². The number of benzene rings is 1. The van der Waals surface area contributed by atoms with Gasteiger partial charge in [0.15, 0.2) is 0 Å². The van der Waals surface area contributed by atoms with Crippen LogP contribution in [0.5, 0.6) is 0 Å². The number of carboxylic acids is 1. The first-order chi connectivity index (χ1) is 14.3. The van der Waals surface area contributed by atoms with E-state index in [1.165, 1.54) is 96.3 Å². The van der Waals surface area contributed by atoms with Crippen LogP contribution in [-0.2, 0) is 4.79 Å². The van der Waals surface area contributed by atoms with Gasteiger partial charge in [0.1, 0.15) is 6.04 Å². The third kappa shape index (κ3) is 14.3. The maximum absolute atomic E-state index is 11.4. The molecule has 1 aromatic carbocycles. The van der Waals surface area contributed by atoms with Crippen molar-refractivity contribution in [1.82, 2.24) is 5.32 Å². The van der Waals surface area contributed by atoms with E-state index in [0.717, 1.165) is 18.5 Å². The Morgan fingerprint density at radius 2 is 1.14 bits per heavy atom. The van der Waals surface area contributed by atoms with Crippen molar-refractivity contribution >= 4 is 5.97 Å². The molecule has 0 aliphatic carbocycles. The van der Waals surface area contributed by atoms with Crippen LogP contribution < -0.4 is 5.32 Å². The summed E-state index contributed by atoms with van der Waals surface area (Å²) in [4.78, 5) is 11.4. The molecule has 1 atom stereocenters. The maximum atomic E-state index is 11.4. The second kappa shape index (κ2) is 18.7. The minimum atomic E-state index is -0.798. The highest BCUT2D eigenvalue weighted by Gasteiger charge is 2.17. The van der Waals surface area contributed by atoms with E-state index in [1.54, 1.807) is 0 Å². The van der Waals surface area contributed by atoms with Gasteiger partial charge in [0.25, 0.3) is 0 Å². The molecule has 1 aromatic rings. The maximum Gasteiger partial charge on any atom is 0.325 e.